The molecule has 2 aromatic rings. The maximum Gasteiger partial charge on any atom is 0.272 e. The molecule has 1 aromatic carbocycles. The third-order valence-corrected chi connectivity index (χ3v) is 4.22. The predicted molar refractivity (Wildman–Crippen MR) is 94.5 cm³/mol. The van der Waals surface area contributed by atoms with Crippen molar-refractivity contribution in [2.45, 2.75) is 19.9 Å². The number of hydrogen-bond donors (Lipinski definition) is 3. The van der Waals surface area contributed by atoms with Gasteiger partial charge in [-0.1, -0.05) is 19.1 Å². The maximum atomic E-state index is 12.4. The number of rotatable bonds is 5. The van der Waals surface area contributed by atoms with Crippen LogP contribution in [0, 0.1) is 0 Å². The molecule has 0 saturated carbocycles. The fourth-order valence-electron chi connectivity index (χ4n) is 2.69. The van der Waals surface area contributed by atoms with E-state index in [0.717, 1.165) is 17.7 Å². The van der Waals surface area contributed by atoms with Crippen LogP contribution in [0.1, 0.15) is 39.0 Å². The minimum Gasteiger partial charge on any atom is -0.353 e. The summed E-state index contributed by atoms with van der Waals surface area (Å²) in [5.74, 6) is -0.562. The van der Waals surface area contributed by atoms with Gasteiger partial charge in [0, 0.05) is 30.9 Å². The zero-order valence-corrected chi connectivity index (χ0v) is 14.5. The Kier molecular flexibility index (Phi) is 5.31. The molecule has 8 nitrogen and oxygen atoms in total. The number of carbonyl (C=O) groups excluding carboxylic acids is 3. The Labute approximate surface area is 151 Å². The minimum atomic E-state index is -0.250. The molecule has 0 atom stereocenters. The van der Waals surface area contributed by atoms with E-state index < -0.39 is 0 Å². The van der Waals surface area contributed by atoms with E-state index in [-0.39, 0.29) is 24.3 Å². The fraction of sp³-hybridized carbons (Fsp3) is 0.333. The summed E-state index contributed by atoms with van der Waals surface area (Å²) < 4.78 is 0. The van der Waals surface area contributed by atoms with Crippen molar-refractivity contribution >= 4 is 17.7 Å². The van der Waals surface area contributed by atoms with E-state index in [4.69, 9.17) is 0 Å². The number of amides is 3. The highest BCUT2D eigenvalue weighted by Crippen LogP contribution is 2.09. The molecule has 2 heterocycles. The lowest BCUT2D eigenvalue weighted by atomic mass is 10.1. The Morgan fingerprint density at radius 3 is 2.69 bits per heavy atom. The zero-order valence-electron chi connectivity index (χ0n) is 14.5. The fourth-order valence-corrected chi connectivity index (χ4v) is 2.69. The molecule has 3 amide bonds. The van der Waals surface area contributed by atoms with E-state index in [1.165, 1.54) is 4.90 Å². The average molecular weight is 355 g/mol. The highest BCUT2D eigenvalue weighted by molar-refractivity contribution is 5.97. The summed E-state index contributed by atoms with van der Waals surface area (Å²) in [6.07, 6.45) is 0.786. The van der Waals surface area contributed by atoms with Crippen LogP contribution in [0.25, 0.3) is 0 Å². The van der Waals surface area contributed by atoms with E-state index in [9.17, 15) is 14.4 Å². The van der Waals surface area contributed by atoms with Crippen LogP contribution in [-0.2, 0) is 17.8 Å². The van der Waals surface area contributed by atoms with Gasteiger partial charge in [0.25, 0.3) is 11.8 Å². The highest BCUT2D eigenvalue weighted by Gasteiger charge is 2.22. The number of carbonyl (C=O) groups is 3. The van der Waals surface area contributed by atoms with Gasteiger partial charge in [0.15, 0.2) is 0 Å². The molecular formula is C18H21N5O3. The summed E-state index contributed by atoms with van der Waals surface area (Å²) in [7, 11) is 0. The molecule has 0 bridgehead atoms. The van der Waals surface area contributed by atoms with E-state index in [1.807, 2.05) is 6.92 Å². The smallest absolute Gasteiger partial charge is 0.272 e. The van der Waals surface area contributed by atoms with Gasteiger partial charge in [-0.3, -0.25) is 19.5 Å². The third-order valence-electron chi connectivity index (χ3n) is 4.22. The van der Waals surface area contributed by atoms with Gasteiger partial charge in [-0.15, -0.1) is 0 Å². The maximum absolute atomic E-state index is 12.4. The van der Waals surface area contributed by atoms with E-state index >= 15 is 0 Å². The summed E-state index contributed by atoms with van der Waals surface area (Å²) in [5.41, 5.74) is 2.66. The number of aryl methyl sites for hydroxylation is 1. The largest absolute Gasteiger partial charge is 0.353 e. The van der Waals surface area contributed by atoms with E-state index in [1.54, 1.807) is 30.3 Å². The molecule has 1 fully saturated rings. The SMILES string of the molecule is CCc1cc(C(=O)NCc2ccc(C(=O)N3CCNC(=O)C3)cc2)n[nH]1. The van der Waals surface area contributed by atoms with Crippen LogP contribution in [0.3, 0.4) is 0 Å². The highest BCUT2D eigenvalue weighted by atomic mass is 16.2. The van der Waals surface area contributed by atoms with Gasteiger partial charge in [0.2, 0.25) is 5.91 Å². The van der Waals surface area contributed by atoms with Gasteiger partial charge in [0.05, 0.1) is 6.54 Å². The lowest BCUT2D eigenvalue weighted by Crippen LogP contribution is -2.49. The molecule has 1 saturated heterocycles. The molecule has 3 rings (SSSR count). The number of nitrogens with zero attached hydrogens (tertiary/aromatic N) is 2. The lowest BCUT2D eigenvalue weighted by Gasteiger charge is -2.26. The number of piperazine rings is 1. The molecule has 0 aliphatic carbocycles. The average Bonchev–Trinajstić information content (AvgIpc) is 3.15. The summed E-state index contributed by atoms with van der Waals surface area (Å²) in [5, 5.41) is 12.3. The van der Waals surface area contributed by atoms with Gasteiger partial charge in [-0.05, 0) is 30.2 Å². The van der Waals surface area contributed by atoms with Crippen LogP contribution < -0.4 is 10.6 Å². The minimum absolute atomic E-state index is 0.0834. The van der Waals surface area contributed by atoms with Crippen LogP contribution in [0.2, 0.25) is 0 Å². The molecule has 0 unspecified atom stereocenters. The Morgan fingerprint density at radius 1 is 1.27 bits per heavy atom. The van der Waals surface area contributed by atoms with Gasteiger partial charge in [0.1, 0.15) is 5.69 Å². The van der Waals surface area contributed by atoms with Crippen LogP contribution in [-0.4, -0.2) is 52.5 Å². The Morgan fingerprint density at radius 2 is 2.04 bits per heavy atom. The van der Waals surface area contributed by atoms with Crippen molar-refractivity contribution in [3.8, 4) is 0 Å². The Balaban J connectivity index is 1.56. The van der Waals surface area contributed by atoms with Gasteiger partial charge in [-0.25, -0.2) is 0 Å². The molecule has 0 spiro atoms. The Hall–Kier alpha value is -3.16. The second-order valence-corrected chi connectivity index (χ2v) is 6.09. The second-order valence-electron chi connectivity index (χ2n) is 6.09. The van der Waals surface area contributed by atoms with Gasteiger partial charge < -0.3 is 15.5 Å². The zero-order chi connectivity index (χ0) is 18.5. The topological polar surface area (TPSA) is 107 Å². The summed E-state index contributed by atoms with van der Waals surface area (Å²) in [4.78, 5) is 37.4. The molecule has 1 aromatic heterocycles. The Bertz CT molecular complexity index is 812. The van der Waals surface area contributed by atoms with Crippen molar-refractivity contribution in [1.29, 1.82) is 0 Å². The normalized spacial score (nSPS) is 14.0. The first-order valence-electron chi connectivity index (χ1n) is 8.54. The first-order chi connectivity index (χ1) is 12.6. The van der Waals surface area contributed by atoms with Crippen molar-refractivity contribution < 1.29 is 14.4 Å². The number of H-pyrrole nitrogens is 1. The number of nitrogens with one attached hydrogen (secondary N) is 3. The first-order valence-corrected chi connectivity index (χ1v) is 8.54. The van der Waals surface area contributed by atoms with Crippen molar-refractivity contribution in [3.05, 3.63) is 52.8 Å². The van der Waals surface area contributed by atoms with Crippen LogP contribution in [0.4, 0.5) is 0 Å². The van der Waals surface area contributed by atoms with Gasteiger partial charge in [-0.2, -0.15) is 5.10 Å². The standard InChI is InChI=1S/C18H21N5O3/c1-2-14-9-15(22-21-14)17(25)20-10-12-3-5-13(6-4-12)18(26)23-8-7-19-16(24)11-23/h3-6,9H,2,7-8,10-11H2,1H3,(H,19,24)(H,20,25)(H,21,22). The molecule has 1 aliphatic rings. The van der Waals surface area contributed by atoms with E-state index in [0.29, 0.717) is 30.9 Å². The predicted octanol–water partition coefficient (Wildman–Crippen LogP) is 0.474. The molecule has 26 heavy (non-hydrogen) atoms. The van der Waals surface area contributed by atoms with Crippen LogP contribution in [0.5, 0.6) is 0 Å². The molecule has 3 N–H and O–H groups in total. The summed E-state index contributed by atoms with van der Waals surface area (Å²) >= 11 is 0. The number of hydrogen-bond acceptors (Lipinski definition) is 4. The molecular weight excluding hydrogens is 334 g/mol. The van der Waals surface area contributed by atoms with Crippen molar-refractivity contribution in [2.75, 3.05) is 19.6 Å². The molecule has 1 aliphatic heterocycles. The van der Waals surface area contributed by atoms with Crippen molar-refractivity contribution in [2.24, 2.45) is 0 Å². The van der Waals surface area contributed by atoms with Gasteiger partial charge >= 0.3 is 0 Å². The molecule has 0 radical (unpaired) electrons. The number of aromatic nitrogens is 2. The van der Waals surface area contributed by atoms with Crippen LogP contribution in [0.15, 0.2) is 30.3 Å². The van der Waals surface area contributed by atoms with E-state index in [2.05, 4.69) is 20.8 Å². The summed E-state index contributed by atoms with van der Waals surface area (Å²) in [6, 6.07) is 8.73. The first kappa shape index (κ1) is 17.7. The van der Waals surface area contributed by atoms with Crippen molar-refractivity contribution in [1.82, 2.24) is 25.7 Å². The lowest BCUT2D eigenvalue weighted by molar-refractivity contribution is -0.123. The number of aromatic amines is 1. The molecule has 136 valence electrons. The summed E-state index contributed by atoms with van der Waals surface area (Å²) in [6.45, 7) is 3.38. The quantitative estimate of drug-likeness (QED) is 0.725. The molecule has 8 heteroatoms. The monoisotopic (exact) mass is 355 g/mol. The number of benzene rings is 1. The van der Waals surface area contributed by atoms with Crippen LogP contribution >= 0.6 is 0 Å². The van der Waals surface area contributed by atoms with Crippen molar-refractivity contribution in [3.63, 3.8) is 0 Å². The second kappa shape index (κ2) is 7.81. The third kappa shape index (κ3) is 4.08.